The molecule has 0 spiro atoms. The smallest absolute Gasteiger partial charge is 0.331 e. The molecule has 0 radical (unpaired) electrons. The summed E-state index contributed by atoms with van der Waals surface area (Å²) in [6, 6.07) is 21.5. The zero-order valence-electron chi connectivity index (χ0n) is 19.5. The zero-order valence-corrected chi connectivity index (χ0v) is 20.4. The second-order valence-electron chi connectivity index (χ2n) is 7.55. The number of nitrogens with one attached hydrogen (secondary N) is 1. The van der Waals surface area contributed by atoms with E-state index < -0.39 is 22.1 Å². The molecule has 0 bridgehead atoms. The number of para-hydroxylation sites is 1. The van der Waals surface area contributed by atoms with Gasteiger partial charge in [-0.3, -0.25) is 9.52 Å². The molecule has 0 saturated carbocycles. The molecule has 0 aliphatic heterocycles. The first kappa shape index (κ1) is 25.5. The van der Waals surface area contributed by atoms with Gasteiger partial charge in [-0.2, -0.15) is 0 Å². The Morgan fingerprint density at radius 2 is 1.57 bits per heavy atom. The van der Waals surface area contributed by atoms with Crippen LogP contribution in [-0.4, -0.2) is 40.6 Å². The van der Waals surface area contributed by atoms with E-state index in [1.807, 2.05) is 18.2 Å². The molecule has 1 N–H and O–H groups in total. The number of carbonyl (C=O) groups excluding carboxylic acids is 2. The van der Waals surface area contributed by atoms with Gasteiger partial charge in [0.1, 0.15) is 5.75 Å². The van der Waals surface area contributed by atoms with Crippen LogP contribution in [0.25, 0.3) is 6.08 Å². The summed E-state index contributed by atoms with van der Waals surface area (Å²) in [6.07, 6.45) is 1.69. The average molecular weight is 495 g/mol. The predicted octanol–water partition coefficient (Wildman–Crippen LogP) is 4.10. The highest BCUT2D eigenvalue weighted by atomic mass is 32.2. The number of sulfonamides is 1. The summed E-state index contributed by atoms with van der Waals surface area (Å²) in [5.74, 6) is -0.438. The van der Waals surface area contributed by atoms with Crippen LogP contribution in [0.5, 0.6) is 5.75 Å². The average Bonchev–Trinajstić information content (AvgIpc) is 2.87. The van der Waals surface area contributed by atoms with Crippen LogP contribution >= 0.6 is 0 Å². The molecule has 1 atom stereocenters. The fourth-order valence-electron chi connectivity index (χ4n) is 3.11. The molecule has 3 rings (SSSR count). The van der Waals surface area contributed by atoms with Gasteiger partial charge in [0.25, 0.3) is 15.9 Å². The normalized spacial score (nSPS) is 12.1. The van der Waals surface area contributed by atoms with Gasteiger partial charge in [-0.05, 0) is 67.1 Å². The summed E-state index contributed by atoms with van der Waals surface area (Å²) in [4.78, 5) is 26.2. The summed E-state index contributed by atoms with van der Waals surface area (Å²) in [5.41, 5.74) is 1.68. The Morgan fingerprint density at radius 3 is 2.17 bits per heavy atom. The van der Waals surface area contributed by atoms with Crippen molar-refractivity contribution in [2.45, 2.75) is 17.9 Å². The summed E-state index contributed by atoms with van der Waals surface area (Å²) >= 11 is 0. The summed E-state index contributed by atoms with van der Waals surface area (Å²) in [6.45, 7) is 1.50. The largest absolute Gasteiger partial charge is 0.497 e. The van der Waals surface area contributed by atoms with Crippen molar-refractivity contribution in [1.29, 1.82) is 0 Å². The lowest BCUT2D eigenvalue weighted by molar-refractivity contribution is -0.148. The number of hydrogen-bond acceptors (Lipinski definition) is 6. The van der Waals surface area contributed by atoms with E-state index in [1.54, 1.807) is 55.6 Å². The number of likely N-dealkylation sites (N-methyl/N-ethyl adjacent to an activating group) is 1. The lowest BCUT2D eigenvalue weighted by Gasteiger charge is -2.21. The minimum absolute atomic E-state index is 0.0659. The van der Waals surface area contributed by atoms with Gasteiger partial charge in [-0.25, -0.2) is 13.2 Å². The third-order valence-electron chi connectivity index (χ3n) is 5.06. The van der Waals surface area contributed by atoms with Crippen LogP contribution in [0.3, 0.4) is 0 Å². The highest BCUT2D eigenvalue weighted by molar-refractivity contribution is 7.92. The van der Waals surface area contributed by atoms with Gasteiger partial charge in [-0.15, -0.1) is 0 Å². The molecular weight excluding hydrogens is 468 g/mol. The van der Waals surface area contributed by atoms with Crippen molar-refractivity contribution in [1.82, 2.24) is 0 Å². The Bertz CT molecular complexity index is 1290. The SMILES string of the molecule is COc1ccc(NS(=O)(=O)c2ccc(/C=C/C(=O)OC(C)C(=O)N(C)c3ccccc3)cc2)cc1. The monoisotopic (exact) mass is 494 g/mol. The van der Waals surface area contributed by atoms with Crippen LogP contribution in [-0.2, 0) is 24.3 Å². The topological polar surface area (TPSA) is 102 Å². The maximum atomic E-state index is 12.6. The fourth-order valence-corrected chi connectivity index (χ4v) is 4.17. The molecule has 35 heavy (non-hydrogen) atoms. The van der Waals surface area contributed by atoms with Crippen LogP contribution in [0.4, 0.5) is 11.4 Å². The molecule has 0 fully saturated rings. The molecular formula is C26H26N2O6S. The summed E-state index contributed by atoms with van der Waals surface area (Å²) in [7, 11) is -0.651. The van der Waals surface area contributed by atoms with Gasteiger partial charge in [0.15, 0.2) is 6.10 Å². The van der Waals surface area contributed by atoms with Crippen molar-refractivity contribution < 1.29 is 27.5 Å². The molecule has 1 unspecified atom stereocenters. The number of anilines is 2. The number of methoxy groups -OCH3 is 1. The first-order valence-corrected chi connectivity index (χ1v) is 12.2. The minimum atomic E-state index is -3.79. The zero-order chi connectivity index (χ0) is 25.4. The Balaban J connectivity index is 1.58. The number of benzene rings is 3. The molecule has 0 saturated heterocycles. The second-order valence-corrected chi connectivity index (χ2v) is 9.23. The number of hydrogen-bond donors (Lipinski definition) is 1. The van der Waals surface area contributed by atoms with E-state index in [0.717, 1.165) is 0 Å². The quantitative estimate of drug-likeness (QED) is 0.355. The van der Waals surface area contributed by atoms with Gasteiger partial charge in [0.05, 0.1) is 12.0 Å². The molecule has 8 nitrogen and oxygen atoms in total. The van der Waals surface area contributed by atoms with E-state index in [9.17, 15) is 18.0 Å². The summed E-state index contributed by atoms with van der Waals surface area (Å²) < 4.78 is 38.0. The van der Waals surface area contributed by atoms with Crippen molar-refractivity contribution in [2.75, 3.05) is 23.8 Å². The minimum Gasteiger partial charge on any atom is -0.497 e. The highest BCUT2D eigenvalue weighted by Crippen LogP contribution is 2.20. The molecule has 3 aromatic rings. The van der Waals surface area contributed by atoms with Gasteiger partial charge in [0.2, 0.25) is 0 Å². The van der Waals surface area contributed by atoms with Crippen molar-refractivity contribution in [3.8, 4) is 5.75 Å². The van der Waals surface area contributed by atoms with E-state index >= 15 is 0 Å². The molecule has 0 aliphatic carbocycles. The Morgan fingerprint density at radius 1 is 0.943 bits per heavy atom. The molecule has 1 amide bonds. The molecule has 182 valence electrons. The number of esters is 1. The first-order chi connectivity index (χ1) is 16.7. The molecule has 3 aromatic carbocycles. The number of carbonyl (C=O) groups is 2. The Hall–Kier alpha value is -4.11. The predicted molar refractivity (Wildman–Crippen MR) is 135 cm³/mol. The maximum Gasteiger partial charge on any atom is 0.331 e. The molecule has 9 heteroatoms. The first-order valence-electron chi connectivity index (χ1n) is 10.7. The lowest BCUT2D eigenvalue weighted by atomic mass is 10.2. The number of ether oxygens (including phenoxy) is 2. The van der Waals surface area contributed by atoms with Crippen molar-refractivity contribution in [3.63, 3.8) is 0 Å². The third-order valence-corrected chi connectivity index (χ3v) is 6.46. The van der Waals surface area contributed by atoms with E-state index in [2.05, 4.69) is 4.72 Å². The number of amides is 1. The van der Waals surface area contributed by atoms with Crippen LogP contribution in [0.2, 0.25) is 0 Å². The number of nitrogens with zero attached hydrogens (tertiary/aromatic N) is 1. The van der Waals surface area contributed by atoms with Crippen LogP contribution in [0.15, 0.2) is 89.8 Å². The van der Waals surface area contributed by atoms with Crippen LogP contribution in [0.1, 0.15) is 12.5 Å². The van der Waals surface area contributed by atoms with Gasteiger partial charge >= 0.3 is 5.97 Å². The summed E-state index contributed by atoms with van der Waals surface area (Å²) in [5, 5.41) is 0. The molecule has 0 aliphatic rings. The van der Waals surface area contributed by atoms with Crippen molar-refractivity contribution in [2.24, 2.45) is 0 Å². The van der Waals surface area contributed by atoms with E-state index in [1.165, 1.54) is 43.2 Å². The van der Waals surface area contributed by atoms with E-state index in [0.29, 0.717) is 22.7 Å². The third kappa shape index (κ3) is 6.94. The fraction of sp³-hybridized carbons (Fsp3) is 0.154. The standard InChI is InChI=1S/C26H26N2O6S/c1-19(26(30)28(2)22-7-5-4-6-8-22)34-25(29)18-11-20-9-16-24(17-10-20)35(31,32)27-21-12-14-23(33-3)15-13-21/h4-19,27H,1-3H3/b18-11+. The van der Waals surface area contributed by atoms with E-state index in [-0.39, 0.29) is 10.8 Å². The highest BCUT2D eigenvalue weighted by Gasteiger charge is 2.21. The van der Waals surface area contributed by atoms with Crippen LogP contribution < -0.4 is 14.4 Å². The van der Waals surface area contributed by atoms with Crippen LogP contribution in [0, 0.1) is 0 Å². The number of rotatable bonds is 9. The van der Waals surface area contributed by atoms with Crippen molar-refractivity contribution >= 4 is 39.4 Å². The Labute approximate surface area is 204 Å². The Kier molecular flexibility index (Phi) is 8.27. The van der Waals surface area contributed by atoms with Gasteiger partial charge in [-0.1, -0.05) is 30.3 Å². The van der Waals surface area contributed by atoms with Gasteiger partial charge in [0, 0.05) is 24.5 Å². The van der Waals surface area contributed by atoms with Gasteiger partial charge < -0.3 is 14.4 Å². The maximum absolute atomic E-state index is 12.6. The van der Waals surface area contributed by atoms with E-state index in [4.69, 9.17) is 9.47 Å². The van der Waals surface area contributed by atoms with Crippen molar-refractivity contribution in [3.05, 3.63) is 90.5 Å². The lowest BCUT2D eigenvalue weighted by Crippen LogP contribution is -2.37. The molecule has 0 aromatic heterocycles. The molecule has 0 heterocycles. The second kappa shape index (κ2) is 11.3.